The molecule has 0 spiro atoms. The molecule has 1 unspecified atom stereocenters. The van der Waals surface area contributed by atoms with E-state index in [0.717, 1.165) is 11.7 Å². The number of benzene rings is 1. The Hall–Kier alpha value is -0.590. The van der Waals surface area contributed by atoms with Crippen LogP contribution < -0.4 is 5.30 Å². The second kappa shape index (κ2) is 6.45. The molecule has 112 valence electrons. The number of rotatable bonds is 4. The molecule has 1 aliphatic rings. The summed E-state index contributed by atoms with van der Waals surface area (Å²) in [7, 11) is -2.72. The van der Waals surface area contributed by atoms with Crippen LogP contribution in [0.5, 0.6) is 0 Å². The molecular formula is C17H27O2P. The van der Waals surface area contributed by atoms with E-state index >= 15 is 0 Å². The molecule has 4 atom stereocenters. The van der Waals surface area contributed by atoms with Crippen LogP contribution in [0.4, 0.5) is 0 Å². The van der Waals surface area contributed by atoms with Gasteiger partial charge in [0.05, 0.1) is 6.10 Å². The van der Waals surface area contributed by atoms with E-state index in [1.54, 1.807) is 6.66 Å². The molecule has 1 aromatic rings. The maximum Gasteiger partial charge on any atom is 0.229 e. The van der Waals surface area contributed by atoms with Crippen LogP contribution in [0.15, 0.2) is 30.3 Å². The third kappa shape index (κ3) is 3.74. The SMILES string of the molecule is CC(C)[C@@H]1CC[C@@H](C)CC1O[P@@](C)(=O)c1ccccc1. The summed E-state index contributed by atoms with van der Waals surface area (Å²) in [5.74, 6) is 1.79. The molecule has 1 aliphatic carbocycles. The van der Waals surface area contributed by atoms with Crippen molar-refractivity contribution < 1.29 is 9.09 Å². The number of hydrogen-bond donors (Lipinski definition) is 0. The first-order chi connectivity index (χ1) is 9.40. The van der Waals surface area contributed by atoms with Crippen molar-refractivity contribution in [2.45, 2.75) is 46.1 Å². The van der Waals surface area contributed by atoms with Gasteiger partial charge in [0.1, 0.15) is 0 Å². The van der Waals surface area contributed by atoms with Gasteiger partial charge in [-0.15, -0.1) is 0 Å². The van der Waals surface area contributed by atoms with Crippen molar-refractivity contribution in [3.8, 4) is 0 Å². The van der Waals surface area contributed by atoms with Crippen molar-refractivity contribution in [1.82, 2.24) is 0 Å². The monoisotopic (exact) mass is 294 g/mol. The van der Waals surface area contributed by atoms with Crippen LogP contribution in [0.25, 0.3) is 0 Å². The molecule has 1 fully saturated rings. The maximum atomic E-state index is 12.9. The van der Waals surface area contributed by atoms with Crippen molar-refractivity contribution >= 4 is 12.7 Å². The molecule has 0 aliphatic heterocycles. The van der Waals surface area contributed by atoms with Crippen molar-refractivity contribution in [2.24, 2.45) is 17.8 Å². The first kappa shape index (κ1) is 15.8. The van der Waals surface area contributed by atoms with Gasteiger partial charge in [-0.2, -0.15) is 0 Å². The van der Waals surface area contributed by atoms with E-state index < -0.39 is 7.37 Å². The standard InChI is InChI=1S/C17H27O2P/c1-13(2)16-11-10-14(3)12-17(16)19-20(4,18)15-8-6-5-7-9-15/h5-9,13-14,16-17H,10-12H2,1-4H3/t14-,16+,17?,20-/m1/s1. The fraction of sp³-hybridized carbons (Fsp3) is 0.647. The average Bonchev–Trinajstić information content (AvgIpc) is 2.39. The molecule has 0 N–H and O–H groups in total. The summed E-state index contributed by atoms with van der Waals surface area (Å²) in [6, 6.07) is 9.63. The highest BCUT2D eigenvalue weighted by molar-refractivity contribution is 7.66. The van der Waals surface area contributed by atoms with Crippen LogP contribution in [0.2, 0.25) is 0 Å². The van der Waals surface area contributed by atoms with E-state index in [0.29, 0.717) is 17.8 Å². The van der Waals surface area contributed by atoms with Gasteiger partial charge in [-0.3, -0.25) is 4.57 Å². The van der Waals surface area contributed by atoms with E-state index in [-0.39, 0.29) is 6.10 Å². The molecule has 20 heavy (non-hydrogen) atoms. The van der Waals surface area contributed by atoms with Crippen LogP contribution in [0, 0.1) is 17.8 Å². The Bertz CT molecular complexity index is 469. The third-order valence-electron chi connectivity index (χ3n) is 4.52. The van der Waals surface area contributed by atoms with Gasteiger partial charge < -0.3 is 4.52 Å². The number of hydrogen-bond acceptors (Lipinski definition) is 2. The summed E-state index contributed by atoms with van der Waals surface area (Å²) in [4.78, 5) is 0. The molecule has 0 saturated heterocycles. The topological polar surface area (TPSA) is 26.3 Å². The lowest BCUT2D eigenvalue weighted by Gasteiger charge is -2.38. The first-order valence-electron chi connectivity index (χ1n) is 7.71. The second-order valence-corrected chi connectivity index (χ2v) is 9.07. The zero-order valence-electron chi connectivity index (χ0n) is 13.1. The van der Waals surface area contributed by atoms with Crippen molar-refractivity contribution in [1.29, 1.82) is 0 Å². The molecular weight excluding hydrogens is 267 g/mol. The summed E-state index contributed by atoms with van der Waals surface area (Å²) in [6.07, 6.45) is 3.63. The highest BCUT2D eigenvalue weighted by atomic mass is 31.2. The molecule has 0 aromatic heterocycles. The quantitative estimate of drug-likeness (QED) is 0.753. The minimum absolute atomic E-state index is 0.134. The Balaban J connectivity index is 2.15. The van der Waals surface area contributed by atoms with Gasteiger partial charge in [0.15, 0.2) is 0 Å². The molecule has 0 heterocycles. The van der Waals surface area contributed by atoms with Crippen LogP contribution in [0.3, 0.4) is 0 Å². The van der Waals surface area contributed by atoms with Crippen molar-refractivity contribution in [2.75, 3.05) is 6.66 Å². The van der Waals surface area contributed by atoms with E-state index in [9.17, 15) is 4.57 Å². The van der Waals surface area contributed by atoms with Gasteiger partial charge in [-0.25, -0.2) is 0 Å². The lowest BCUT2D eigenvalue weighted by molar-refractivity contribution is 0.0506. The fourth-order valence-corrected chi connectivity index (χ4v) is 4.85. The predicted molar refractivity (Wildman–Crippen MR) is 85.8 cm³/mol. The smallest absolute Gasteiger partial charge is 0.229 e. The van der Waals surface area contributed by atoms with Crippen LogP contribution >= 0.6 is 7.37 Å². The summed E-state index contributed by atoms with van der Waals surface area (Å²) < 4.78 is 19.1. The maximum absolute atomic E-state index is 12.9. The highest BCUT2D eigenvalue weighted by Crippen LogP contribution is 2.48. The Morgan fingerprint density at radius 3 is 2.45 bits per heavy atom. The molecule has 0 amide bonds. The lowest BCUT2D eigenvalue weighted by Crippen LogP contribution is -2.34. The summed E-state index contributed by atoms with van der Waals surface area (Å²) in [5, 5.41) is 0.834. The van der Waals surface area contributed by atoms with Crippen LogP contribution in [-0.4, -0.2) is 12.8 Å². The minimum atomic E-state index is -2.72. The van der Waals surface area contributed by atoms with E-state index in [1.807, 2.05) is 30.3 Å². The lowest BCUT2D eigenvalue weighted by atomic mass is 9.75. The zero-order valence-corrected chi connectivity index (χ0v) is 14.0. The Labute approximate surface area is 123 Å². The van der Waals surface area contributed by atoms with Crippen LogP contribution in [0.1, 0.15) is 40.0 Å². The normalized spacial score (nSPS) is 30.1. The third-order valence-corrected chi connectivity index (χ3v) is 6.43. The molecule has 1 aromatic carbocycles. The highest BCUT2D eigenvalue weighted by Gasteiger charge is 2.35. The molecule has 3 heteroatoms. The summed E-state index contributed by atoms with van der Waals surface area (Å²) >= 11 is 0. The minimum Gasteiger partial charge on any atom is -0.322 e. The second-order valence-electron chi connectivity index (χ2n) is 6.65. The zero-order chi connectivity index (χ0) is 14.8. The van der Waals surface area contributed by atoms with Crippen molar-refractivity contribution in [3.05, 3.63) is 30.3 Å². The Morgan fingerprint density at radius 1 is 1.20 bits per heavy atom. The van der Waals surface area contributed by atoms with Gasteiger partial charge in [-0.1, -0.05) is 45.4 Å². The van der Waals surface area contributed by atoms with E-state index in [1.165, 1.54) is 12.8 Å². The van der Waals surface area contributed by atoms with Gasteiger partial charge in [-0.05, 0) is 42.7 Å². The molecule has 0 bridgehead atoms. The van der Waals surface area contributed by atoms with E-state index in [4.69, 9.17) is 4.52 Å². The molecule has 0 radical (unpaired) electrons. The largest absolute Gasteiger partial charge is 0.322 e. The summed E-state index contributed by atoms with van der Waals surface area (Å²) in [5.41, 5.74) is 0. The van der Waals surface area contributed by atoms with Gasteiger partial charge >= 0.3 is 0 Å². The van der Waals surface area contributed by atoms with Gasteiger partial charge in [0.25, 0.3) is 0 Å². The van der Waals surface area contributed by atoms with Crippen molar-refractivity contribution in [3.63, 3.8) is 0 Å². The Morgan fingerprint density at radius 2 is 1.85 bits per heavy atom. The average molecular weight is 294 g/mol. The predicted octanol–water partition coefficient (Wildman–Crippen LogP) is 4.70. The van der Waals surface area contributed by atoms with Crippen LogP contribution in [-0.2, 0) is 9.09 Å². The summed E-state index contributed by atoms with van der Waals surface area (Å²) in [6.45, 7) is 8.54. The fourth-order valence-electron chi connectivity index (χ4n) is 3.25. The van der Waals surface area contributed by atoms with E-state index in [2.05, 4.69) is 20.8 Å². The molecule has 1 saturated carbocycles. The Kier molecular flexibility index (Phi) is 5.09. The van der Waals surface area contributed by atoms with Gasteiger partial charge in [0, 0.05) is 12.0 Å². The van der Waals surface area contributed by atoms with Gasteiger partial charge in [0.2, 0.25) is 7.37 Å². The first-order valence-corrected chi connectivity index (χ1v) is 9.79. The molecule has 2 rings (SSSR count). The molecule has 2 nitrogen and oxygen atoms in total.